The highest BCUT2D eigenvalue weighted by Crippen LogP contribution is 2.19. The minimum atomic E-state index is -0.318. The third-order valence-corrected chi connectivity index (χ3v) is 3.59. The average Bonchev–Trinajstić information content (AvgIpc) is 2.45. The van der Waals surface area contributed by atoms with E-state index in [1.54, 1.807) is 6.07 Å². The van der Waals surface area contributed by atoms with Gasteiger partial charge in [0.1, 0.15) is 0 Å². The molecule has 0 heterocycles. The molecule has 0 radical (unpaired) electrons. The smallest absolute Gasteiger partial charge is 0.337 e. The van der Waals surface area contributed by atoms with Crippen LogP contribution in [0.25, 0.3) is 0 Å². The predicted octanol–water partition coefficient (Wildman–Crippen LogP) is 4.01. The molecule has 0 saturated heterocycles. The Balaban J connectivity index is 2.15. The molecule has 0 aliphatic carbocycles. The number of rotatable bonds is 4. The molecule has 0 saturated carbocycles. The lowest BCUT2D eigenvalue weighted by Crippen LogP contribution is -2.06. The highest BCUT2D eigenvalue weighted by Gasteiger charge is 2.07. The Morgan fingerprint density at radius 2 is 1.76 bits per heavy atom. The Hall–Kier alpha value is -2.29. The largest absolute Gasteiger partial charge is 0.465 e. The second-order valence-electron chi connectivity index (χ2n) is 5.30. The Morgan fingerprint density at radius 1 is 1.10 bits per heavy atom. The van der Waals surface area contributed by atoms with Crippen molar-refractivity contribution in [3.63, 3.8) is 0 Å². The molecule has 21 heavy (non-hydrogen) atoms. The van der Waals surface area contributed by atoms with Crippen LogP contribution < -0.4 is 5.32 Å². The van der Waals surface area contributed by atoms with E-state index >= 15 is 0 Å². The summed E-state index contributed by atoms with van der Waals surface area (Å²) in [5.41, 5.74) is 6.61. The third-order valence-electron chi connectivity index (χ3n) is 3.59. The number of esters is 1. The number of ether oxygens (including phenoxy) is 1. The summed E-state index contributed by atoms with van der Waals surface area (Å²) in [6.07, 6.45) is 0. The van der Waals surface area contributed by atoms with Gasteiger partial charge in [0.05, 0.1) is 12.7 Å². The number of aryl methyl sites for hydroxylation is 3. The van der Waals surface area contributed by atoms with Gasteiger partial charge in [-0.2, -0.15) is 0 Å². The van der Waals surface area contributed by atoms with Gasteiger partial charge >= 0.3 is 5.97 Å². The maximum Gasteiger partial charge on any atom is 0.337 e. The fourth-order valence-corrected chi connectivity index (χ4v) is 2.55. The van der Waals surface area contributed by atoms with Crippen molar-refractivity contribution in [3.05, 3.63) is 64.2 Å². The van der Waals surface area contributed by atoms with Gasteiger partial charge in [0.25, 0.3) is 0 Å². The molecule has 0 bridgehead atoms. The molecular formula is C18H21NO2. The molecule has 2 aromatic rings. The summed E-state index contributed by atoms with van der Waals surface area (Å²) in [6, 6.07) is 11.7. The van der Waals surface area contributed by atoms with Crippen LogP contribution in [0, 0.1) is 20.8 Å². The molecule has 2 aromatic carbocycles. The zero-order chi connectivity index (χ0) is 15.4. The van der Waals surface area contributed by atoms with E-state index in [-0.39, 0.29) is 5.97 Å². The van der Waals surface area contributed by atoms with Crippen molar-refractivity contribution in [2.24, 2.45) is 0 Å². The normalized spacial score (nSPS) is 10.3. The first-order chi connectivity index (χ1) is 10.0. The Kier molecular flexibility index (Phi) is 4.63. The molecular weight excluding hydrogens is 262 g/mol. The lowest BCUT2D eigenvalue weighted by Gasteiger charge is -2.13. The van der Waals surface area contributed by atoms with E-state index in [1.165, 1.54) is 29.4 Å². The Morgan fingerprint density at radius 3 is 2.38 bits per heavy atom. The summed E-state index contributed by atoms with van der Waals surface area (Å²) in [7, 11) is 1.39. The van der Waals surface area contributed by atoms with Crippen LogP contribution in [0.15, 0.2) is 36.4 Å². The SMILES string of the molecule is COC(=O)c1cccc(NCc2c(C)cc(C)cc2C)c1. The second kappa shape index (κ2) is 6.44. The van der Waals surface area contributed by atoms with Gasteiger partial charge in [-0.1, -0.05) is 23.8 Å². The van der Waals surface area contributed by atoms with Gasteiger partial charge in [0.2, 0.25) is 0 Å². The summed E-state index contributed by atoms with van der Waals surface area (Å²) in [5.74, 6) is -0.318. The van der Waals surface area contributed by atoms with Crippen molar-refractivity contribution >= 4 is 11.7 Å². The number of hydrogen-bond acceptors (Lipinski definition) is 3. The molecule has 2 rings (SSSR count). The highest BCUT2D eigenvalue weighted by molar-refractivity contribution is 5.90. The zero-order valence-electron chi connectivity index (χ0n) is 13.0. The minimum absolute atomic E-state index is 0.318. The molecule has 0 aromatic heterocycles. The average molecular weight is 283 g/mol. The summed E-state index contributed by atoms with van der Waals surface area (Å²) in [4.78, 5) is 11.5. The van der Waals surface area contributed by atoms with E-state index in [2.05, 4.69) is 38.2 Å². The van der Waals surface area contributed by atoms with Crippen molar-refractivity contribution in [3.8, 4) is 0 Å². The lowest BCUT2D eigenvalue weighted by atomic mass is 10.00. The first-order valence-electron chi connectivity index (χ1n) is 7.00. The van der Waals surface area contributed by atoms with Gasteiger partial charge in [0.15, 0.2) is 0 Å². The lowest BCUT2D eigenvalue weighted by molar-refractivity contribution is 0.0601. The number of nitrogens with one attached hydrogen (secondary N) is 1. The highest BCUT2D eigenvalue weighted by atomic mass is 16.5. The Bertz CT molecular complexity index is 639. The molecule has 0 spiro atoms. The van der Waals surface area contributed by atoms with Crippen molar-refractivity contribution in [1.29, 1.82) is 0 Å². The van der Waals surface area contributed by atoms with Gasteiger partial charge < -0.3 is 10.1 Å². The van der Waals surface area contributed by atoms with E-state index in [4.69, 9.17) is 4.74 Å². The monoisotopic (exact) mass is 283 g/mol. The molecule has 3 heteroatoms. The molecule has 0 fully saturated rings. The van der Waals surface area contributed by atoms with Crippen molar-refractivity contribution in [2.75, 3.05) is 12.4 Å². The van der Waals surface area contributed by atoms with Gasteiger partial charge in [0, 0.05) is 12.2 Å². The maximum atomic E-state index is 11.5. The number of hydrogen-bond donors (Lipinski definition) is 1. The fraction of sp³-hybridized carbons (Fsp3) is 0.278. The molecule has 1 N–H and O–H groups in total. The van der Waals surface area contributed by atoms with Crippen LogP contribution in [0.5, 0.6) is 0 Å². The number of carbonyl (C=O) groups excluding carboxylic acids is 1. The molecule has 0 atom stereocenters. The van der Waals surface area contributed by atoms with Gasteiger partial charge in [-0.15, -0.1) is 0 Å². The van der Waals surface area contributed by atoms with E-state index in [0.29, 0.717) is 5.56 Å². The quantitative estimate of drug-likeness (QED) is 0.862. The van der Waals surface area contributed by atoms with Crippen LogP contribution in [-0.4, -0.2) is 13.1 Å². The van der Waals surface area contributed by atoms with Crippen LogP contribution in [0.2, 0.25) is 0 Å². The molecule has 0 amide bonds. The Labute approximate surface area is 126 Å². The van der Waals surface area contributed by atoms with Crippen LogP contribution in [-0.2, 0) is 11.3 Å². The minimum Gasteiger partial charge on any atom is -0.465 e. The molecule has 0 aliphatic heterocycles. The first-order valence-corrected chi connectivity index (χ1v) is 7.00. The van der Waals surface area contributed by atoms with Crippen LogP contribution in [0.1, 0.15) is 32.6 Å². The first kappa shape index (κ1) is 15.1. The number of carbonyl (C=O) groups is 1. The van der Waals surface area contributed by atoms with Crippen LogP contribution >= 0.6 is 0 Å². The summed E-state index contributed by atoms with van der Waals surface area (Å²) in [6.45, 7) is 7.10. The van der Waals surface area contributed by atoms with Crippen molar-refractivity contribution < 1.29 is 9.53 Å². The van der Waals surface area contributed by atoms with Gasteiger partial charge in [-0.3, -0.25) is 0 Å². The maximum absolute atomic E-state index is 11.5. The summed E-state index contributed by atoms with van der Waals surface area (Å²) >= 11 is 0. The number of benzene rings is 2. The van der Waals surface area contributed by atoms with E-state index in [9.17, 15) is 4.79 Å². The van der Waals surface area contributed by atoms with Crippen LogP contribution in [0.3, 0.4) is 0 Å². The summed E-state index contributed by atoms with van der Waals surface area (Å²) < 4.78 is 4.74. The second-order valence-corrected chi connectivity index (χ2v) is 5.30. The molecule has 110 valence electrons. The number of anilines is 1. The van der Waals surface area contributed by atoms with Crippen LogP contribution in [0.4, 0.5) is 5.69 Å². The van der Waals surface area contributed by atoms with E-state index in [1.807, 2.05) is 18.2 Å². The predicted molar refractivity (Wildman–Crippen MR) is 85.8 cm³/mol. The van der Waals surface area contributed by atoms with Crippen molar-refractivity contribution in [2.45, 2.75) is 27.3 Å². The van der Waals surface area contributed by atoms with Crippen molar-refractivity contribution in [1.82, 2.24) is 0 Å². The van der Waals surface area contributed by atoms with E-state index in [0.717, 1.165) is 12.2 Å². The van der Waals surface area contributed by atoms with Gasteiger partial charge in [-0.25, -0.2) is 4.79 Å². The molecule has 0 unspecified atom stereocenters. The zero-order valence-corrected chi connectivity index (χ0v) is 13.0. The third kappa shape index (κ3) is 3.63. The fourth-order valence-electron chi connectivity index (χ4n) is 2.55. The molecule has 0 aliphatic rings. The van der Waals surface area contributed by atoms with Gasteiger partial charge in [-0.05, 0) is 55.7 Å². The standard InChI is InChI=1S/C18H21NO2/c1-12-8-13(2)17(14(3)9-12)11-19-16-7-5-6-15(10-16)18(20)21-4/h5-10,19H,11H2,1-4H3. The topological polar surface area (TPSA) is 38.3 Å². The molecule has 3 nitrogen and oxygen atoms in total. The summed E-state index contributed by atoms with van der Waals surface area (Å²) in [5, 5.41) is 3.37. The van der Waals surface area contributed by atoms with E-state index < -0.39 is 0 Å². The number of methoxy groups -OCH3 is 1.